The van der Waals surface area contributed by atoms with Crippen molar-refractivity contribution in [2.45, 2.75) is 50.5 Å². The van der Waals surface area contributed by atoms with Crippen LogP contribution < -0.4 is 10.5 Å². The van der Waals surface area contributed by atoms with E-state index in [9.17, 15) is 13.2 Å². The lowest BCUT2D eigenvalue weighted by Crippen LogP contribution is -2.53. The standard InChI is InChI=1S/C19H30N2O4S.ClH/c1-19(2)14-21(12-11-17(19)20)18(22)6-4-5-13-25-15-7-9-16(10-8-15)26(3,23)24;/h7-10,17H,4-6,11-14,20H2,1-3H3;1H. The largest absolute Gasteiger partial charge is 0.494 e. The molecule has 8 heteroatoms. The van der Waals surface area contributed by atoms with Gasteiger partial charge in [-0.15, -0.1) is 12.4 Å². The predicted octanol–water partition coefficient (Wildman–Crippen LogP) is 2.65. The van der Waals surface area contributed by atoms with Gasteiger partial charge in [0, 0.05) is 31.8 Å². The number of amides is 1. The van der Waals surface area contributed by atoms with Crippen LogP contribution in [0.5, 0.6) is 5.75 Å². The average molecular weight is 419 g/mol. The molecule has 1 aromatic rings. The lowest BCUT2D eigenvalue weighted by Gasteiger charge is -2.42. The van der Waals surface area contributed by atoms with E-state index in [2.05, 4.69) is 13.8 Å². The number of benzene rings is 1. The van der Waals surface area contributed by atoms with Gasteiger partial charge in [0.05, 0.1) is 11.5 Å². The highest BCUT2D eigenvalue weighted by Crippen LogP contribution is 2.28. The topological polar surface area (TPSA) is 89.7 Å². The lowest BCUT2D eigenvalue weighted by atomic mass is 9.79. The number of hydrogen-bond acceptors (Lipinski definition) is 5. The third kappa shape index (κ3) is 6.97. The SMILES string of the molecule is CC1(C)CN(C(=O)CCCCOc2ccc(S(C)(=O)=O)cc2)CCC1N.Cl. The Balaban J connectivity index is 0.00000364. The summed E-state index contributed by atoms with van der Waals surface area (Å²) in [5, 5.41) is 0. The molecule has 2 rings (SSSR count). The number of hydrogen-bond donors (Lipinski definition) is 1. The van der Waals surface area contributed by atoms with Crippen LogP contribution in [0, 0.1) is 5.41 Å². The fourth-order valence-electron chi connectivity index (χ4n) is 3.10. The molecule has 154 valence electrons. The minimum atomic E-state index is -3.19. The Morgan fingerprint density at radius 3 is 2.44 bits per heavy atom. The van der Waals surface area contributed by atoms with Crippen molar-refractivity contribution in [2.75, 3.05) is 26.0 Å². The predicted molar refractivity (Wildman–Crippen MR) is 109 cm³/mol. The van der Waals surface area contributed by atoms with E-state index in [0.717, 1.165) is 32.4 Å². The number of likely N-dealkylation sites (tertiary alicyclic amines) is 1. The lowest BCUT2D eigenvalue weighted by molar-refractivity contribution is -0.134. The molecule has 1 saturated heterocycles. The average Bonchev–Trinajstić information content (AvgIpc) is 2.56. The zero-order valence-electron chi connectivity index (χ0n) is 16.3. The summed E-state index contributed by atoms with van der Waals surface area (Å²) in [6.45, 7) is 6.19. The Morgan fingerprint density at radius 2 is 1.89 bits per heavy atom. The Kier molecular flexibility index (Phi) is 8.57. The smallest absolute Gasteiger partial charge is 0.222 e. The van der Waals surface area contributed by atoms with Gasteiger partial charge in [-0.2, -0.15) is 0 Å². The monoisotopic (exact) mass is 418 g/mol. The summed E-state index contributed by atoms with van der Waals surface area (Å²) in [5.41, 5.74) is 6.08. The van der Waals surface area contributed by atoms with Gasteiger partial charge in [0.1, 0.15) is 5.75 Å². The maximum absolute atomic E-state index is 12.3. The number of sulfone groups is 1. The Labute approximate surface area is 168 Å². The molecule has 1 unspecified atom stereocenters. The van der Waals surface area contributed by atoms with Crippen LogP contribution >= 0.6 is 12.4 Å². The van der Waals surface area contributed by atoms with Crippen LogP contribution in [-0.2, 0) is 14.6 Å². The fourth-order valence-corrected chi connectivity index (χ4v) is 3.73. The van der Waals surface area contributed by atoms with Crippen molar-refractivity contribution in [2.24, 2.45) is 11.1 Å². The summed E-state index contributed by atoms with van der Waals surface area (Å²) in [5.74, 6) is 0.818. The summed E-state index contributed by atoms with van der Waals surface area (Å²) in [6.07, 6.45) is 4.09. The zero-order valence-corrected chi connectivity index (χ0v) is 17.9. The molecule has 1 atom stereocenters. The van der Waals surface area contributed by atoms with Crippen molar-refractivity contribution in [1.82, 2.24) is 4.90 Å². The van der Waals surface area contributed by atoms with Gasteiger partial charge in [-0.1, -0.05) is 13.8 Å². The first kappa shape index (κ1) is 23.7. The zero-order chi connectivity index (χ0) is 19.4. The molecular weight excluding hydrogens is 388 g/mol. The number of unbranched alkanes of at least 4 members (excludes halogenated alkanes) is 1. The van der Waals surface area contributed by atoms with Gasteiger partial charge in [0.15, 0.2) is 9.84 Å². The van der Waals surface area contributed by atoms with Gasteiger partial charge in [0.2, 0.25) is 5.91 Å². The van der Waals surface area contributed by atoms with Crippen molar-refractivity contribution in [3.63, 3.8) is 0 Å². The quantitative estimate of drug-likeness (QED) is 0.687. The van der Waals surface area contributed by atoms with Crippen LogP contribution in [0.2, 0.25) is 0 Å². The van der Waals surface area contributed by atoms with Gasteiger partial charge in [0.25, 0.3) is 0 Å². The van der Waals surface area contributed by atoms with Crippen LogP contribution in [0.4, 0.5) is 0 Å². The molecule has 0 aromatic heterocycles. The number of halogens is 1. The second-order valence-corrected chi connectivity index (χ2v) is 9.76. The number of ether oxygens (including phenoxy) is 1. The van der Waals surface area contributed by atoms with Gasteiger partial charge in [-0.3, -0.25) is 4.79 Å². The van der Waals surface area contributed by atoms with Crippen molar-refractivity contribution in [1.29, 1.82) is 0 Å². The minimum absolute atomic E-state index is 0. The van der Waals surface area contributed by atoms with Crippen LogP contribution in [-0.4, -0.2) is 51.2 Å². The summed E-state index contributed by atoms with van der Waals surface area (Å²) in [7, 11) is -3.19. The van der Waals surface area contributed by atoms with E-state index in [-0.39, 0.29) is 34.7 Å². The molecule has 0 spiro atoms. The van der Waals surface area contributed by atoms with Crippen molar-refractivity contribution in [3.05, 3.63) is 24.3 Å². The molecule has 0 bridgehead atoms. The molecule has 1 aliphatic rings. The molecule has 1 aromatic carbocycles. The van der Waals surface area contributed by atoms with Crippen molar-refractivity contribution in [3.8, 4) is 5.75 Å². The molecule has 2 N–H and O–H groups in total. The molecule has 1 amide bonds. The molecule has 1 fully saturated rings. The molecule has 1 heterocycles. The van der Waals surface area contributed by atoms with E-state index in [1.54, 1.807) is 12.1 Å². The maximum Gasteiger partial charge on any atom is 0.222 e. The van der Waals surface area contributed by atoms with E-state index in [1.165, 1.54) is 18.4 Å². The molecule has 0 saturated carbocycles. The van der Waals surface area contributed by atoms with Gasteiger partial charge < -0.3 is 15.4 Å². The van der Waals surface area contributed by atoms with E-state index in [4.69, 9.17) is 10.5 Å². The summed E-state index contributed by atoms with van der Waals surface area (Å²) >= 11 is 0. The number of piperidine rings is 1. The highest BCUT2D eigenvalue weighted by atomic mass is 35.5. The first-order chi connectivity index (χ1) is 12.1. The Morgan fingerprint density at radius 1 is 1.26 bits per heavy atom. The normalized spacial score (nSPS) is 19.3. The third-order valence-electron chi connectivity index (χ3n) is 4.97. The van der Waals surface area contributed by atoms with Crippen molar-refractivity contribution >= 4 is 28.2 Å². The Hall–Kier alpha value is -1.31. The maximum atomic E-state index is 12.3. The van der Waals surface area contributed by atoms with E-state index in [1.807, 2.05) is 4.90 Å². The van der Waals surface area contributed by atoms with Crippen LogP contribution in [0.3, 0.4) is 0 Å². The van der Waals surface area contributed by atoms with Gasteiger partial charge >= 0.3 is 0 Å². The number of carbonyl (C=O) groups is 1. The molecule has 27 heavy (non-hydrogen) atoms. The number of carbonyl (C=O) groups excluding carboxylic acids is 1. The first-order valence-corrected chi connectivity index (χ1v) is 10.9. The summed E-state index contributed by atoms with van der Waals surface area (Å²) in [6, 6.07) is 6.53. The van der Waals surface area contributed by atoms with E-state index < -0.39 is 9.84 Å². The first-order valence-electron chi connectivity index (χ1n) is 9.06. The second-order valence-electron chi connectivity index (χ2n) is 7.75. The Bertz CT molecular complexity index is 720. The number of rotatable bonds is 7. The molecule has 0 aliphatic carbocycles. The second kappa shape index (κ2) is 9.75. The summed E-state index contributed by atoms with van der Waals surface area (Å²) in [4.78, 5) is 14.5. The molecule has 6 nitrogen and oxygen atoms in total. The van der Waals surface area contributed by atoms with Gasteiger partial charge in [-0.05, 0) is 48.9 Å². The highest BCUT2D eigenvalue weighted by molar-refractivity contribution is 7.90. The van der Waals surface area contributed by atoms with Crippen molar-refractivity contribution < 1.29 is 17.9 Å². The van der Waals surface area contributed by atoms with Crippen LogP contribution in [0.1, 0.15) is 39.5 Å². The van der Waals surface area contributed by atoms with Gasteiger partial charge in [-0.25, -0.2) is 8.42 Å². The third-order valence-corrected chi connectivity index (χ3v) is 6.10. The van der Waals surface area contributed by atoms with Crippen LogP contribution in [0.25, 0.3) is 0 Å². The number of nitrogens with two attached hydrogens (primary N) is 1. The highest BCUT2D eigenvalue weighted by Gasteiger charge is 2.34. The fraction of sp³-hybridized carbons (Fsp3) is 0.632. The number of nitrogens with zero attached hydrogens (tertiary/aromatic N) is 1. The molecular formula is C19H31ClN2O4S. The van der Waals surface area contributed by atoms with E-state index >= 15 is 0 Å². The van der Waals surface area contributed by atoms with E-state index in [0.29, 0.717) is 18.8 Å². The minimum Gasteiger partial charge on any atom is -0.494 e. The van der Waals surface area contributed by atoms with Crippen LogP contribution in [0.15, 0.2) is 29.2 Å². The molecule has 0 radical (unpaired) electrons. The molecule has 1 aliphatic heterocycles. The summed E-state index contributed by atoms with van der Waals surface area (Å²) < 4.78 is 28.4.